The Morgan fingerprint density at radius 1 is 1.71 bits per heavy atom. The smallest absolute Gasteiger partial charge is 2.00 e. The third kappa shape index (κ3) is 25.9. The first-order chi connectivity index (χ1) is 2.27. The Kier molecular flexibility index (Phi) is 20.9. The number of carbonyl (C=O) groups is 1. The zero-order valence-electron chi connectivity index (χ0n) is 3.76. The topological polar surface area (TPSA) is 65.8 Å². The minimum absolute atomic E-state index is 0. The molecule has 0 fully saturated rings. The van der Waals surface area contributed by atoms with Gasteiger partial charge in [0.1, 0.15) is 0 Å². The van der Waals surface area contributed by atoms with Crippen LogP contribution < -0.4 is 0 Å². The van der Waals surface area contributed by atoms with Crippen LogP contribution in [0.5, 0.6) is 0 Å². The van der Waals surface area contributed by atoms with Crippen molar-refractivity contribution in [2.75, 3.05) is 0 Å². The molecule has 0 aromatic carbocycles. The van der Waals surface area contributed by atoms with Crippen molar-refractivity contribution in [2.24, 2.45) is 0 Å². The average Bonchev–Trinajstić information content (AvgIpc) is 1.38. The summed E-state index contributed by atoms with van der Waals surface area (Å²) >= 11 is 0. The first-order valence-corrected chi connectivity index (χ1v) is 1.12. The average molecular weight is 153 g/mol. The van der Waals surface area contributed by atoms with E-state index < -0.39 is 5.97 Å². The Hall–Kier alpha value is -0.207. The second kappa shape index (κ2) is 9.25. The summed E-state index contributed by atoms with van der Waals surface area (Å²) in [4.78, 5) is 9.25. The van der Waals surface area contributed by atoms with Crippen LogP contribution in [0.4, 0.5) is 0 Å². The van der Waals surface area contributed by atoms with Crippen molar-refractivity contribution in [3.63, 3.8) is 0 Å². The van der Waals surface area contributed by atoms with Gasteiger partial charge in [0, 0.05) is 6.08 Å². The van der Waals surface area contributed by atoms with Crippen LogP contribution in [0.15, 0.2) is 12.7 Å². The van der Waals surface area contributed by atoms with Gasteiger partial charge in [0.2, 0.25) is 0 Å². The maximum Gasteiger partial charge on any atom is 2.00 e. The molecule has 0 aromatic rings. The second-order valence-electron chi connectivity index (χ2n) is 0.542. The molecule has 1 N–H and O–H groups in total. The molecule has 0 spiro atoms. The molecule has 0 aliphatic rings. The molecule has 0 amide bonds. The molecule has 0 aliphatic heterocycles. The fourth-order valence-electron chi connectivity index (χ4n) is 0. The molecule has 0 rings (SSSR count). The number of carboxylic acid groups (broad SMARTS) is 1. The van der Waals surface area contributed by atoms with Crippen molar-refractivity contribution < 1.29 is 34.9 Å². The third-order valence-electron chi connectivity index (χ3n) is 0.175. The number of hydrogen-bond acceptors (Lipinski definition) is 1. The van der Waals surface area contributed by atoms with E-state index in [1.807, 2.05) is 0 Å². The fourth-order valence-corrected chi connectivity index (χ4v) is 0. The van der Waals surface area contributed by atoms with Gasteiger partial charge in [-0.2, -0.15) is 0 Å². The molecular formula is C3H4O3Zn. The van der Waals surface area contributed by atoms with E-state index in [0.29, 0.717) is 0 Å². The van der Waals surface area contributed by atoms with Crippen molar-refractivity contribution in [1.29, 1.82) is 0 Å². The number of rotatable bonds is 1. The van der Waals surface area contributed by atoms with E-state index in [9.17, 15) is 4.79 Å². The Morgan fingerprint density at radius 2 is 1.86 bits per heavy atom. The van der Waals surface area contributed by atoms with Crippen molar-refractivity contribution in [3.8, 4) is 0 Å². The summed E-state index contributed by atoms with van der Waals surface area (Å²) in [6, 6.07) is 0. The van der Waals surface area contributed by atoms with Gasteiger partial charge < -0.3 is 10.6 Å². The van der Waals surface area contributed by atoms with Gasteiger partial charge in [0.05, 0.1) is 0 Å². The predicted octanol–water partition coefficient (Wildman–Crippen LogP) is 0.136. The summed E-state index contributed by atoms with van der Waals surface area (Å²) < 4.78 is 0. The molecule has 0 atom stereocenters. The van der Waals surface area contributed by atoms with Crippen LogP contribution in [-0.4, -0.2) is 11.1 Å². The van der Waals surface area contributed by atoms with Gasteiger partial charge in [-0.25, -0.2) is 4.79 Å². The van der Waals surface area contributed by atoms with Crippen LogP contribution >= 0.6 is 0 Å². The first-order valence-electron chi connectivity index (χ1n) is 1.12. The quantitative estimate of drug-likeness (QED) is 0.430. The van der Waals surface area contributed by atoms with Crippen LogP contribution in [0, 0.1) is 0 Å². The van der Waals surface area contributed by atoms with E-state index in [1.165, 1.54) is 0 Å². The summed E-state index contributed by atoms with van der Waals surface area (Å²) in [5.41, 5.74) is 0. The van der Waals surface area contributed by atoms with Crippen molar-refractivity contribution in [3.05, 3.63) is 12.7 Å². The standard InChI is InChI=1S/C3H4O2.O.Zn/c1-2-3(4)5;;/h2H,1H2,(H,4,5);;/q;-2;+2. The van der Waals surface area contributed by atoms with Gasteiger partial charge in [0.25, 0.3) is 0 Å². The molecule has 7 heavy (non-hydrogen) atoms. The van der Waals surface area contributed by atoms with Gasteiger partial charge in [-0.1, -0.05) is 6.58 Å². The Balaban J connectivity index is -0.0000000800. The summed E-state index contributed by atoms with van der Waals surface area (Å²) in [5.74, 6) is -0.981. The van der Waals surface area contributed by atoms with Gasteiger partial charge in [-0.05, 0) is 0 Å². The molecule has 36 valence electrons. The van der Waals surface area contributed by atoms with Crippen LogP contribution in [-0.2, 0) is 29.7 Å². The SMILES string of the molecule is C=CC(=O)O.[O-2].[Zn+2]. The van der Waals surface area contributed by atoms with E-state index >= 15 is 0 Å². The molecule has 0 heterocycles. The molecule has 3 nitrogen and oxygen atoms in total. The molecule has 0 aromatic heterocycles. The minimum atomic E-state index is -0.981. The normalized spacial score (nSPS) is 4.57. The minimum Gasteiger partial charge on any atom is -2.00 e. The largest absolute Gasteiger partial charge is 2.00 e. The summed E-state index contributed by atoms with van der Waals surface area (Å²) in [5, 5.41) is 7.60. The van der Waals surface area contributed by atoms with Gasteiger partial charge in [-0.15, -0.1) is 0 Å². The van der Waals surface area contributed by atoms with E-state index in [1.54, 1.807) is 0 Å². The first kappa shape index (κ1) is 15.8. The molecular weight excluding hydrogens is 149 g/mol. The number of carboxylic acids is 1. The van der Waals surface area contributed by atoms with Crippen LogP contribution in [0.3, 0.4) is 0 Å². The van der Waals surface area contributed by atoms with E-state index in [4.69, 9.17) is 5.11 Å². The van der Waals surface area contributed by atoms with E-state index in [0.717, 1.165) is 6.08 Å². The zero-order chi connectivity index (χ0) is 4.28. The van der Waals surface area contributed by atoms with Gasteiger partial charge in [-0.3, -0.25) is 0 Å². The van der Waals surface area contributed by atoms with Crippen LogP contribution in [0.2, 0.25) is 0 Å². The van der Waals surface area contributed by atoms with Crippen LogP contribution in [0.25, 0.3) is 0 Å². The Labute approximate surface area is 54.1 Å². The van der Waals surface area contributed by atoms with Crippen molar-refractivity contribution >= 4 is 5.97 Å². The summed E-state index contributed by atoms with van der Waals surface area (Å²) in [6.45, 7) is 2.96. The fraction of sp³-hybridized carbons (Fsp3) is 0. The Bertz CT molecular complexity index is 61.2. The third-order valence-corrected chi connectivity index (χ3v) is 0.175. The summed E-state index contributed by atoms with van der Waals surface area (Å²) in [7, 11) is 0. The maximum atomic E-state index is 9.25. The second-order valence-corrected chi connectivity index (χ2v) is 0.542. The van der Waals surface area contributed by atoms with Gasteiger partial charge in [0.15, 0.2) is 0 Å². The van der Waals surface area contributed by atoms with Crippen LogP contribution in [0.1, 0.15) is 0 Å². The summed E-state index contributed by atoms with van der Waals surface area (Å²) in [6.07, 6.45) is 0.833. The molecule has 0 radical (unpaired) electrons. The Morgan fingerprint density at radius 3 is 1.86 bits per heavy atom. The molecule has 4 heteroatoms. The van der Waals surface area contributed by atoms with Gasteiger partial charge >= 0.3 is 25.4 Å². The van der Waals surface area contributed by atoms with Crippen molar-refractivity contribution in [1.82, 2.24) is 0 Å². The predicted molar refractivity (Wildman–Crippen MR) is 18.5 cm³/mol. The molecule has 0 saturated heterocycles. The molecule has 0 aliphatic carbocycles. The monoisotopic (exact) mass is 152 g/mol. The molecule has 0 unspecified atom stereocenters. The molecule has 0 bridgehead atoms. The maximum absolute atomic E-state index is 9.25. The van der Waals surface area contributed by atoms with Crippen molar-refractivity contribution in [2.45, 2.75) is 0 Å². The van der Waals surface area contributed by atoms with E-state index in [-0.39, 0.29) is 25.0 Å². The zero-order valence-corrected chi connectivity index (χ0v) is 6.72. The number of hydrogen-bond donors (Lipinski definition) is 1. The number of aliphatic carboxylic acids is 1. The van der Waals surface area contributed by atoms with E-state index in [2.05, 4.69) is 6.58 Å². The molecule has 0 saturated carbocycles.